The molecular weight excluding hydrogens is 258 g/mol. The smallest absolute Gasteiger partial charge is 0.268 e. The Kier molecular flexibility index (Phi) is 2.68. The zero-order chi connectivity index (χ0) is 10.8. The van der Waals surface area contributed by atoms with Crippen LogP contribution in [0.3, 0.4) is 0 Å². The van der Waals surface area contributed by atoms with Gasteiger partial charge in [0, 0.05) is 24.8 Å². The Morgan fingerprint density at radius 1 is 1.53 bits per heavy atom. The Hall–Kier alpha value is -1.43. The summed E-state index contributed by atoms with van der Waals surface area (Å²) in [7, 11) is 3.79. The van der Waals surface area contributed by atoms with Crippen LogP contribution in [0.5, 0.6) is 0 Å². The van der Waals surface area contributed by atoms with E-state index in [0.717, 1.165) is 9.99 Å². The van der Waals surface area contributed by atoms with Gasteiger partial charge in [-0.15, -0.1) is 5.10 Å². The maximum atomic E-state index is 4.22. The third-order valence-electron chi connectivity index (χ3n) is 1.71. The highest BCUT2D eigenvalue weighted by atomic mass is 79.9. The highest BCUT2D eigenvalue weighted by Crippen LogP contribution is 2.14. The van der Waals surface area contributed by atoms with E-state index in [1.807, 2.05) is 31.3 Å². The van der Waals surface area contributed by atoms with Crippen LogP contribution in [0.25, 0.3) is 5.52 Å². The molecule has 0 atom stereocenters. The van der Waals surface area contributed by atoms with Crippen molar-refractivity contribution in [2.75, 3.05) is 14.1 Å². The lowest BCUT2D eigenvalue weighted by molar-refractivity contribution is 0.642. The standard InChI is InChI=1S/C9H10BrN5/c1-14(2)6-12-9-11-4-8-3-7(10)5-15(8)13-9/h3-6H,1-2H3/b12-6+. The molecule has 2 aromatic rings. The van der Waals surface area contributed by atoms with Gasteiger partial charge in [-0.1, -0.05) is 0 Å². The van der Waals surface area contributed by atoms with Crippen molar-refractivity contribution in [3.8, 4) is 0 Å². The molecule has 0 aliphatic carbocycles. The van der Waals surface area contributed by atoms with E-state index in [-0.39, 0.29) is 0 Å². The van der Waals surface area contributed by atoms with E-state index in [9.17, 15) is 0 Å². The van der Waals surface area contributed by atoms with Crippen LogP contribution in [0.15, 0.2) is 27.9 Å². The van der Waals surface area contributed by atoms with E-state index in [1.54, 1.807) is 17.1 Å². The number of halogens is 1. The van der Waals surface area contributed by atoms with E-state index in [1.165, 1.54) is 0 Å². The summed E-state index contributed by atoms with van der Waals surface area (Å²) < 4.78 is 2.71. The first-order valence-electron chi connectivity index (χ1n) is 4.37. The minimum Gasteiger partial charge on any atom is -0.369 e. The predicted molar refractivity (Wildman–Crippen MR) is 62.5 cm³/mol. The first-order chi connectivity index (χ1) is 7.15. The van der Waals surface area contributed by atoms with Crippen LogP contribution in [0, 0.1) is 0 Å². The molecule has 0 radical (unpaired) electrons. The van der Waals surface area contributed by atoms with Crippen molar-refractivity contribution in [2.24, 2.45) is 4.99 Å². The van der Waals surface area contributed by atoms with Gasteiger partial charge in [0.2, 0.25) is 0 Å². The summed E-state index contributed by atoms with van der Waals surface area (Å²) in [4.78, 5) is 10.1. The molecule has 5 nitrogen and oxygen atoms in total. The van der Waals surface area contributed by atoms with Crippen LogP contribution in [0.4, 0.5) is 5.95 Å². The normalized spacial score (nSPS) is 11.4. The van der Waals surface area contributed by atoms with Crippen molar-refractivity contribution in [2.45, 2.75) is 0 Å². The molecule has 0 saturated heterocycles. The molecule has 0 aliphatic rings. The van der Waals surface area contributed by atoms with Gasteiger partial charge in [-0.2, -0.15) is 0 Å². The van der Waals surface area contributed by atoms with Gasteiger partial charge in [-0.05, 0) is 22.0 Å². The highest BCUT2D eigenvalue weighted by Gasteiger charge is 1.99. The number of aromatic nitrogens is 3. The Morgan fingerprint density at radius 3 is 3.07 bits per heavy atom. The third-order valence-corrected chi connectivity index (χ3v) is 2.14. The Morgan fingerprint density at radius 2 is 2.33 bits per heavy atom. The lowest BCUT2D eigenvalue weighted by Crippen LogP contribution is -2.07. The highest BCUT2D eigenvalue weighted by molar-refractivity contribution is 9.10. The Bertz CT molecular complexity index is 502. The molecule has 6 heteroatoms. The second-order valence-electron chi connectivity index (χ2n) is 3.29. The zero-order valence-corrected chi connectivity index (χ0v) is 10.0. The van der Waals surface area contributed by atoms with Gasteiger partial charge >= 0.3 is 0 Å². The summed E-state index contributed by atoms with van der Waals surface area (Å²) in [5.41, 5.74) is 0.936. The van der Waals surface area contributed by atoms with Crippen molar-refractivity contribution in [1.82, 2.24) is 19.5 Å². The first-order valence-corrected chi connectivity index (χ1v) is 5.16. The molecule has 2 aromatic heterocycles. The Balaban J connectivity index is 2.38. The summed E-state index contributed by atoms with van der Waals surface area (Å²) in [6, 6.07) is 1.94. The van der Waals surface area contributed by atoms with Crippen molar-refractivity contribution in [3.05, 3.63) is 22.9 Å². The molecule has 0 saturated carbocycles. The second-order valence-corrected chi connectivity index (χ2v) is 4.21. The molecule has 0 N–H and O–H groups in total. The fourth-order valence-corrected chi connectivity index (χ4v) is 1.52. The molecule has 78 valence electrons. The third kappa shape index (κ3) is 2.33. The topological polar surface area (TPSA) is 45.8 Å². The average Bonchev–Trinajstić information content (AvgIpc) is 2.53. The zero-order valence-electron chi connectivity index (χ0n) is 8.42. The molecule has 0 spiro atoms. The maximum Gasteiger partial charge on any atom is 0.268 e. The summed E-state index contributed by atoms with van der Waals surface area (Å²) in [6.45, 7) is 0. The van der Waals surface area contributed by atoms with Gasteiger partial charge in [0.05, 0.1) is 18.1 Å². The van der Waals surface area contributed by atoms with Crippen molar-refractivity contribution in [3.63, 3.8) is 0 Å². The van der Waals surface area contributed by atoms with Gasteiger partial charge in [-0.3, -0.25) is 0 Å². The predicted octanol–water partition coefficient (Wildman–Crippen LogP) is 1.71. The minimum atomic E-state index is 0.444. The summed E-state index contributed by atoms with van der Waals surface area (Å²) in [6.07, 6.45) is 5.27. The fraction of sp³-hybridized carbons (Fsp3) is 0.222. The molecule has 0 amide bonds. The van der Waals surface area contributed by atoms with Crippen LogP contribution < -0.4 is 0 Å². The SMILES string of the molecule is CN(C)/C=N/c1ncc2cc(Br)cn2n1. The van der Waals surface area contributed by atoms with Gasteiger partial charge in [0.25, 0.3) is 5.95 Å². The van der Waals surface area contributed by atoms with Crippen molar-refractivity contribution >= 4 is 33.7 Å². The lowest BCUT2D eigenvalue weighted by Gasteiger charge is -2.01. The lowest BCUT2D eigenvalue weighted by atomic mass is 10.5. The summed E-state index contributed by atoms with van der Waals surface area (Å²) in [5, 5.41) is 4.22. The number of fused-ring (bicyclic) bond motifs is 1. The van der Waals surface area contributed by atoms with E-state index in [4.69, 9.17) is 0 Å². The van der Waals surface area contributed by atoms with Crippen molar-refractivity contribution < 1.29 is 0 Å². The summed E-state index contributed by atoms with van der Waals surface area (Å²) >= 11 is 3.38. The van der Waals surface area contributed by atoms with Crippen LogP contribution in [0.1, 0.15) is 0 Å². The molecule has 2 rings (SSSR count). The largest absolute Gasteiger partial charge is 0.369 e. The van der Waals surface area contributed by atoms with Gasteiger partial charge in [0.1, 0.15) is 0 Å². The van der Waals surface area contributed by atoms with E-state index >= 15 is 0 Å². The molecular formula is C9H10BrN5. The van der Waals surface area contributed by atoms with Crippen LogP contribution >= 0.6 is 15.9 Å². The van der Waals surface area contributed by atoms with E-state index in [2.05, 4.69) is 31.0 Å². The van der Waals surface area contributed by atoms with Crippen LogP contribution in [-0.4, -0.2) is 39.9 Å². The molecule has 0 aromatic carbocycles. The molecule has 2 heterocycles. The summed E-state index contributed by atoms with van der Waals surface area (Å²) in [5.74, 6) is 0.444. The van der Waals surface area contributed by atoms with Crippen molar-refractivity contribution in [1.29, 1.82) is 0 Å². The first kappa shape index (κ1) is 10.1. The number of aliphatic imine (C=N–C) groups is 1. The van der Waals surface area contributed by atoms with E-state index in [0.29, 0.717) is 5.95 Å². The quantitative estimate of drug-likeness (QED) is 0.615. The molecule has 0 fully saturated rings. The molecule has 0 aliphatic heterocycles. The van der Waals surface area contributed by atoms with Gasteiger partial charge in [0.15, 0.2) is 0 Å². The van der Waals surface area contributed by atoms with Gasteiger partial charge < -0.3 is 4.90 Å². The molecule has 15 heavy (non-hydrogen) atoms. The number of nitrogens with zero attached hydrogens (tertiary/aromatic N) is 5. The molecule has 0 unspecified atom stereocenters. The second kappa shape index (κ2) is 3.98. The minimum absolute atomic E-state index is 0.444. The monoisotopic (exact) mass is 267 g/mol. The van der Waals surface area contributed by atoms with E-state index < -0.39 is 0 Å². The fourth-order valence-electron chi connectivity index (χ4n) is 1.09. The number of rotatable bonds is 2. The maximum absolute atomic E-state index is 4.22. The van der Waals surface area contributed by atoms with Gasteiger partial charge in [-0.25, -0.2) is 14.5 Å². The van der Waals surface area contributed by atoms with Crippen LogP contribution in [-0.2, 0) is 0 Å². The average molecular weight is 268 g/mol. The van der Waals surface area contributed by atoms with Crippen LogP contribution in [0.2, 0.25) is 0 Å². The molecule has 0 bridgehead atoms. The number of hydrogen-bond donors (Lipinski definition) is 0. The Labute approximate surface area is 95.6 Å². The number of hydrogen-bond acceptors (Lipinski definition) is 3.